The van der Waals surface area contributed by atoms with Gasteiger partial charge in [0.2, 0.25) is 0 Å². The Morgan fingerprint density at radius 2 is 2.11 bits per heavy atom. The lowest BCUT2D eigenvalue weighted by Crippen LogP contribution is -2.34. The van der Waals surface area contributed by atoms with Crippen molar-refractivity contribution in [1.29, 1.82) is 0 Å². The molecule has 2 nitrogen and oxygen atoms in total. The first-order chi connectivity index (χ1) is 8.56. The number of hydrogen-bond donors (Lipinski definition) is 0. The van der Waals surface area contributed by atoms with E-state index in [4.69, 9.17) is 0 Å². The Kier molecular flexibility index (Phi) is 4.18. The van der Waals surface area contributed by atoms with Crippen LogP contribution in [0.5, 0.6) is 0 Å². The standard InChI is InChI=1S/C16H23NO/c1-12(2)10-17(15-7-8-15)11-16(18)14-6-4-5-13(3)9-14/h4-6,9,12,15H,7-8,10-11H2,1-3H3. The van der Waals surface area contributed by atoms with Crippen molar-refractivity contribution < 1.29 is 4.79 Å². The van der Waals surface area contributed by atoms with Crippen molar-refractivity contribution in [2.24, 2.45) is 5.92 Å². The average molecular weight is 245 g/mol. The topological polar surface area (TPSA) is 20.3 Å². The van der Waals surface area contributed by atoms with Gasteiger partial charge in [0.05, 0.1) is 6.54 Å². The Bertz CT molecular complexity index is 421. The van der Waals surface area contributed by atoms with Crippen LogP contribution in [0.15, 0.2) is 24.3 Å². The monoisotopic (exact) mass is 245 g/mol. The molecule has 1 aliphatic carbocycles. The van der Waals surface area contributed by atoms with Gasteiger partial charge >= 0.3 is 0 Å². The molecule has 18 heavy (non-hydrogen) atoms. The maximum atomic E-state index is 12.3. The normalized spacial score (nSPS) is 15.4. The van der Waals surface area contributed by atoms with Crippen molar-refractivity contribution in [2.45, 2.75) is 39.7 Å². The largest absolute Gasteiger partial charge is 0.293 e. The van der Waals surface area contributed by atoms with Gasteiger partial charge in [0.15, 0.2) is 5.78 Å². The molecule has 0 spiro atoms. The summed E-state index contributed by atoms with van der Waals surface area (Å²) in [7, 11) is 0. The molecule has 1 aromatic carbocycles. The fourth-order valence-corrected chi connectivity index (χ4v) is 2.35. The van der Waals surface area contributed by atoms with Crippen molar-refractivity contribution in [3.8, 4) is 0 Å². The maximum absolute atomic E-state index is 12.3. The van der Waals surface area contributed by atoms with Gasteiger partial charge in [-0.05, 0) is 31.7 Å². The van der Waals surface area contributed by atoms with Gasteiger partial charge < -0.3 is 0 Å². The second kappa shape index (κ2) is 5.66. The first kappa shape index (κ1) is 13.3. The van der Waals surface area contributed by atoms with Gasteiger partial charge in [-0.3, -0.25) is 9.69 Å². The quantitative estimate of drug-likeness (QED) is 0.717. The Balaban J connectivity index is 2.00. The molecule has 0 N–H and O–H groups in total. The summed E-state index contributed by atoms with van der Waals surface area (Å²) in [6.45, 7) is 8.07. The van der Waals surface area contributed by atoms with Crippen LogP contribution in [0, 0.1) is 12.8 Å². The molecule has 1 saturated carbocycles. The van der Waals surface area contributed by atoms with E-state index in [1.807, 2.05) is 31.2 Å². The zero-order chi connectivity index (χ0) is 13.1. The van der Waals surface area contributed by atoms with Crippen molar-refractivity contribution in [3.63, 3.8) is 0 Å². The van der Waals surface area contributed by atoms with Crippen LogP contribution in [0.25, 0.3) is 0 Å². The van der Waals surface area contributed by atoms with Crippen LogP contribution in [0.3, 0.4) is 0 Å². The molecule has 0 aromatic heterocycles. The Morgan fingerprint density at radius 3 is 2.67 bits per heavy atom. The third kappa shape index (κ3) is 3.67. The highest BCUT2D eigenvalue weighted by Gasteiger charge is 2.30. The summed E-state index contributed by atoms with van der Waals surface area (Å²) in [5, 5.41) is 0. The zero-order valence-corrected chi connectivity index (χ0v) is 11.6. The van der Waals surface area contributed by atoms with Crippen molar-refractivity contribution in [1.82, 2.24) is 4.90 Å². The summed E-state index contributed by atoms with van der Waals surface area (Å²) in [6, 6.07) is 8.57. The van der Waals surface area contributed by atoms with E-state index < -0.39 is 0 Å². The van der Waals surface area contributed by atoms with E-state index in [2.05, 4.69) is 18.7 Å². The minimum Gasteiger partial charge on any atom is -0.293 e. The highest BCUT2D eigenvalue weighted by atomic mass is 16.1. The van der Waals surface area contributed by atoms with E-state index in [1.54, 1.807) is 0 Å². The number of carbonyl (C=O) groups excluding carboxylic acids is 1. The number of ketones is 1. The summed E-state index contributed by atoms with van der Waals surface area (Å²) in [6.07, 6.45) is 2.52. The molecule has 0 heterocycles. The molecule has 2 rings (SSSR count). The predicted octanol–water partition coefficient (Wildman–Crippen LogP) is 3.30. The van der Waals surface area contributed by atoms with Gasteiger partial charge in [-0.15, -0.1) is 0 Å². The molecule has 0 amide bonds. The second-order valence-electron chi connectivity index (χ2n) is 5.85. The summed E-state index contributed by atoms with van der Waals surface area (Å²) < 4.78 is 0. The molecule has 0 radical (unpaired) electrons. The number of nitrogens with zero attached hydrogens (tertiary/aromatic N) is 1. The number of benzene rings is 1. The number of carbonyl (C=O) groups is 1. The van der Waals surface area contributed by atoms with Crippen molar-refractivity contribution >= 4 is 5.78 Å². The molecule has 1 aliphatic rings. The lowest BCUT2D eigenvalue weighted by Gasteiger charge is -2.23. The van der Waals surface area contributed by atoms with E-state index in [0.717, 1.165) is 17.7 Å². The van der Waals surface area contributed by atoms with E-state index >= 15 is 0 Å². The number of hydrogen-bond acceptors (Lipinski definition) is 2. The fourth-order valence-electron chi connectivity index (χ4n) is 2.35. The molecule has 2 heteroatoms. The van der Waals surface area contributed by atoms with Gasteiger partial charge in [-0.25, -0.2) is 0 Å². The second-order valence-corrected chi connectivity index (χ2v) is 5.85. The molecule has 0 unspecified atom stereocenters. The summed E-state index contributed by atoms with van der Waals surface area (Å²) in [5.74, 6) is 0.877. The number of rotatable bonds is 6. The third-order valence-corrected chi connectivity index (χ3v) is 3.35. The molecular formula is C16H23NO. The molecule has 0 bridgehead atoms. The molecule has 0 atom stereocenters. The molecule has 0 saturated heterocycles. The van der Waals surface area contributed by atoms with E-state index in [-0.39, 0.29) is 5.78 Å². The summed E-state index contributed by atoms with van der Waals surface area (Å²) >= 11 is 0. The van der Waals surface area contributed by atoms with Gasteiger partial charge in [0, 0.05) is 18.2 Å². The average Bonchev–Trinajstić information content (AvgIpc) is 3.11. The van der Waals surface area contributed by atoms with Crippen molar-refractivity contribution in [2.75, 3.05) is 13.1 Å². The van der Waals surface area contributed by atoms with Crippen LogP contribution in [0.4, 0.5) is 0 Å². The maximum Gasteiger partial charge on any atom is 0.176 e. The first-order valence-electron chi connectivity index (χ1n) is 6.90. The SMILES string of the molecule is Cc1cccc(C(=O)CN(CC(C)C)C2CC2)c1. The lowest BCUT2D eigenvalue weighted by atomic mass is 10.1. The highest BCUT2D eigenvalue weighted by molar-refractivity contribution is 5.97. The molecular weight excluding hydrogens is 222 g/mol. The van der Waals surface area contributed by atoms with Crippen LogP contribution in [0.2, 0.25) is 0 Å². The van der Waals surface area contributed by atoms with E-state index in [1.165, 1.54) is 12.8 Å². The third-order valence-electron chi connectivity index (χ3n) is 3.35. The van der Waals surface area contributed by atoms with Crippen LogP contribution in [-0.2, 0) is 0 Å². The van der Waals surface area contributed by atoms with Gasteiger partial charge in [-0.1, -0.05) is 37.6 Å². The summed E-state index contributed by atoms with van der Waals surface area (Å²) in [5.41, 5.74) is 2.01. The Morgan fingerprint density at radius 1 is 1.39 bits per heavy atom. The minimum atomic E-state index is 0.256. The highest BCUT2D eigenvalue weighted by Crippen LogP contribution is 2.27. The Labute approximate surface area is 110 Å². The van der Waals surface area contributed by atoms with Crippen molar-refractivity contribution in [3.05, 3.63) is 35.4 Å². The molecule has 1 aromatic rings. The van der Waals surface area contributed by atoms with Crippen LogP contribution >= 0.6 is 0 Å². The number of aryl methyl sites for hydroxylation is 1. The predicted molar refractivity (Wildman–Crippen MR) is 74.9 cm³/mol. The van der Waals surface area contributed by atoms with Gasteiger partial charge in [-0.2, -0.15) is 0 Å². The smallest absolute Gasteiger partial charge is 0.176 e. The molecule has 1 fully saturated rings. The molecule has 0 aliphatic heterocycles. The molecule has 98 valence electrons. The van der Waals surface area contributed by atoms with Crippen LogP contribution in [0.1, 0.15) is 42.6 Å². The van der Waals surface area contributed by atoms with Gasteiger partial charge in [0.1, 0.15) is 0 Å². The Hall–Kier alpha value is -1.15. The van der Waals surface area contributed by atoms with E-state index in [0.29, 0.717) is 18.5 Å². The van der Waals surface area contributed by atoms with Crippen LogP contribution < -0.4 is 0 Å². The fraction of sp³-hybridized carbons (Fsp3) is 0.562. The van der Waals surface area contributed by atoms with E-state index in [9.17, 15) is 4.79 Å². The first-order valence-corrected chi connectivity index (χ1v) is 6.90. The summed E-state index contributed by atoms with van der Waals surface area (Å²) in [4.78, 5) is 14.6. The van der Waals surface area contributed by atoms with Gasteiger partial charge in [0.25, 0.3) is 0 Å². The lowest BCUT2D eigenvalue weighted by molar-refractivity contribution is 0.0915. The van der Waals surface area contributed by atoms with Crippen LogP contribution in [-0.4, -0.2) is 29.8 Å². The minimum absolute atomic E-state index is 0.256. The number of Topliss-reactive ketones (excluding diaryl/α,β-unsaturated/α-hetero) is 1. The zero-order valence-electron chi connectivity index (χ0n) is 11.6.